The first-order chi connectivity index (χ1) is 14.8. The van der Waals surface area contributed by atoms with Crippen LogP contribution in [0.15, 0.2) is 9.59 Å². The van der Waals surface area contributed by atoms with Gasteiger partial charge in [0.25, 0.3) is 11.5 Å². The highest BCUT2D eigenvalue weighted by Gasteiger charge is 2.35. The fourth-order valence-electron chi connectivity index (χ4n) is 5.33. The number of anilines is 2. The van der Waals surface area contributed by atoms with Crippen LogP contribution in [0.25, 0.3) is 0 Å². The van der Waals surface area contributed by atoms with E-state index < -0.39 is 11.2 Å². The molecule has 1 aromatic heterocycles. The number of aromatic nitrogens is 2. The number of quaternary nitrogens is 1. The average Bonchev–Trinajstić information content (AvgIpc) is 2.73. The lowest BCUT2D eigenvalue weighted by Gasteiger charge is -2.39. The van der Waals surface area contributed by atoms with Crippen LogP contribution in [0, 0.1) is 17.8 Å². The molecule has 2 fully saturated rings. The van der Waals surface area contributed by atoms with E-state index in [0.717, 1.165) is 37.8 Å². The van der Waals surface area contributed by atoms with E-state index >= 15 is 0 Å². The predicted octanol–water partition coefficient (Wildman–Crippen LogP) is 1.00. The molecule has 1 saturated heterocycles. The zero-order valence-corrected chi connectivity index (χ0v) is 19.4. The van der Waals surface area contributed by atoms with Crippen molar-refractivity contribution >= 4 is 17.4 Å². The fourth-order valence-corrected chi connectivity index (χ4v) is 5.33. The molecule has 0 spiro atoms. The van der Waals surface area contributed by atoms with Crippen LogP contribution in [0.4, 0.5) is 11.5 Å². The quantitative estimate of drug-likeness (QED) is 0.568. The van der Waals surface area contributed by atoms with Crippen LogP contribution < -0.4 is 26.8 Å². The summed E-state index contributed by atoms with van der Waals surface area (Å²) in [6.07, 6.45) is 8.10. The van der Waals surface area contributed by atoms with Gasteiger partial charge in [-0.05, 0) is 37.5 Å². The van der Waals surface area contributed by atoms with Crippen LogP contribution in [-0.4, -0.2) is 41.6 Å². The Morgan fingerprint density at radius 1 is 1.23 bits per heavy atom. The number of piperidine rings is 1. The standard InChI is InChI=1S/C23H39N5O3/c1-4-5-11-27(20-21(24)28(13-16(2)3)23(31)25-22(20)30)19(29)15-26-12-10-17-8-6-7-9-18(17)14-26/h16-18H,4-15,24H2,1-3H3,(H,25,30,31)/p+1/t17-,18-/m1/s1. The molecule has 31 heavy (non-hydrogen) atoms. The van der Waals surface area contributed by atoms with E-state index in [1.165, 1.54) is 46.5 Å². The molecule has 3 atom stereocenters. The molecule has 8 heteroatoms. The number of carbonyl (C=O) groups excluding carboxylic acids is 1. The fraction of sp³-hybridized carbons (Fsp3) is 0.783. The molecule has 2 aliphatic rings. The number of hydrogen-bond donors (Lipinski definition) is 3. The van der Waals surface area contributed by atoms with Crippen molar-refractivity contribution in [3.63, 3.8) is 0 Å². The molecule has 174 valence electrons. The number of nitrogens with one attached hydrogen (secondary N) is 2. The maximum Gasteiger partial charge on any atom is 0.330 e. The number of amides is 1. The van der Waals surface area contributed by atoms with Crippen molar-refractivity contribution in [1.82, 2.24) is 9.55 Å². The lowest BCUT2D eigenvalue weighted by molar-refractivity contribution is -0.902. The molecule has 1 amide bonds. The largest absolute Gasteiger partial charge is 0.383 e. The smallest absolute Gasteiger partial charge is 0.330 e. The van der Waals surface area contributed by atoms with Crippen molar-refractivity contribution in [1.29, 1.82) is 0 Å². The summed E-state index contributed by atoms with van der Waals surface area (Å²) < 4.78 is 1.38. The van der Waals surface area contributed by atoms with Gasteiger partial charge in [0.2, 0.25) is 0 Å². The number of likely N-dealkylation sites (tertiary alicyclic amines) is 1. The second kappa shape index (κ2) is 10.5. The Morgan fingerprint density at radius 3 is 2.61 bits per heavy atom. The van der Waals surface area contributed by atoms with E-state index in [4.69, 9.17) is 5.73 Å². The third kappa shape index (κ3) is 5.59. The van der Waals surface area contributed by atoms with E-state index in [2.05, 4.69) is 11.9 Å². The Hall–Kier alpha value is -2.09. The third-order valence-electron chi connectivity index (χ3n) is 6.96. The number of H-pyrrole nitrogens is 1. The van der Waals surface area contributed by atoms with Gasteiger partial charge in [-0.25, -0.2) is 4.79 Å². The first-order valence-electron chi connectivity index (χ1n) is 12.1. The number of rotatable bonds is 8. The highest BCUT2D eigenvalue weighted by Crippen LogP contribution is 2.32. The van der Waals surface area contributed by atoms with Crippen LogP contribution >= 0.6 is 0 Å². The van der Waals surface area contributed by atoms with Crippen molar-refractivity contribution in [2.45, 2.75) is 72.3 Å². The number of nitrogen functional groups attached to an aromatic ring is 1. The summed E-state index contributed by atoms with van der Waals surface area (Å²) in [5.41, 5.74) is 5.34. The highest BCUT2D eigenvalue weighted by atomic mass is 16.2. The molecule has 2 heterocycles. The monoisotopic (exact) mass is 434 g/mol. The van der Waals surface area contributed by atoms with Crippen LogP contribution in [-0.2, 0) is 11.3 Å². The summed E-state index contributed by atoms with van der Waals surface area (Å²) >= 11 is 0. The molecular formula is C23H40N5O3+. The number of nitrogens with two attached hydrogens (primary N) is 1. The molecule has 1 unspecified atom stereocenters. The number of nitrogens with zero attached hydrogens (tertiary/aromatic N) is 2. The maximum absolute atomic E-state index is 13.4. The van der Waals surface area contributed by atoms with Gasteiger partial charge < -0.3 is 10.6 Å². The van der Waals surface area contributed by atoms with E-state index in [0.29, 0.717) is 19.6 Å². The summed E-state index contributed by atoms with van der Waals surface area (Å²) in [5, 5.41) is 0. The van der Waals surface area contributed by atoms with Crippen LogP contribution in [0.5, 0.6) is 0 Å². The molecule has 4 N–H and O–H groups in total. The average molecular weight is 435 g/mol. The predicted molar refractivity (Wildman–Crippen MR) is 123 cm³/mol. The molecule has 1 aromatic rings. The van der Waals surface area contributed by atoms with E-state index in [1.807, 2.05) is 13.8 Å². The van der Waals surface area contributed by atoms with Gasteiger partial charge >= 0.3 is 5.69 Å². The lowest BCUT2D eigenvalue weighted by Crippen LogP contribution is -3.15. The van der Waals surface area contributed by atoms with Gasteiger partial charge in [0.15, 0.2) is 12.2 Å². The first-order valence-corrected chi connectivity index (χ1v) is 12.1. The molecule has 0 radical (unpaired) electrons. The zero-order chi connectivity index (χ0) is 22.5. The van der Waals surface area contributed by atoms with Gasteiger partial charge in [-0.3, -0.25) is 24.0 Å². The Balaban J connectivity index is 1.83. The molecule has 1 saturated carbocycles. The highest BCUT2D eigenvalue weighted by molar-refractivity contribution is 5.96. The Morgan fingerprint density at radius 2 is 1.94 bits per heavy atom. The second-order valence-electron chi connectivity index (χ2n) is 9.87. The summed E-state index contributed by atoms with van der Waals surface area (Å²) in [6.45, 7) is 9.25. The Kier molecular flexibility index (Phi) is 7.97. The van der Waals surface area contributed by atoms with Crippen molar-refractivity contribution in [3.8, 4) is 0 Å². The summed E-state index contributed by atoms with van der Waals surface area (Å²) in [5.74, 6) is 1.73. The van der Waals surface area contributed by atoms with Crippen molar-refractivity contribution < 1.29 is 9.69 Å². The lowest BCUT2D eigenvalue weighted by atomic mass is 9.75. The van der Waals surface area contributed by atoms with E-state index in [9.17, 15) is 14.4 Å². The van der Waals surface area contributed by atoms with Crippen molar-refractivity contribution in [3.05, 3.63) is 20.8 Å². The number of unbranched alkanes of at least 4 members (excludes halogenated alkanes) is 1. The molecule has 8 nitrogen and oxygen atoms in total. The van der Waals surface area contributed by atoms with Crippen molar-refractivity contribution in [2.24, 2.45) is 17.8 Å². The van der Waals surface area contributed by atoms with Crippen LogP contribution in [0.1, 0.15) is 65.7 Å². The van der Waals surface area contributed by atoms with Crippen LogP contribution in [0.2, 0.25) is 0 Å². The van der Waals surface area contributed by atoms with Gasteiger partial charge in [0.1, 0.15) is 5.82 Å². The SMILES string of the molecule is CCCCN(C(=O)C[NH+]1CC[C@H]2CCCC[C@@H]2C1)c1c(N)n(CC(C)C)c(=O)[nH]c1=O. The van der Waals surface area contributed by atoms with Crippen LogP contribution in [0.3, 0.4) is 0 Å². The molecule has 0 bridgehead atoms. The molecule has 1 aliphatic heterocycles. The van der Waals surface area contributed by atoms with Gasteiger partial charge in [-0.2, -0.15) is 0 Å². The minimum atomic E-state index is -0.576. The number of carbonyl (C=O) groups is 1. The third-order valence-corrected chi connectivity index (χ3v) is 6.96. The molecule has 3 rings (SSSR count). The summed E-state index contributed by atoms with van der Waals surface area (Å²) in [4.78, 5) is 43.7. The van der Waals surface area contributed by atoms with Crippen molar-refractivity contribution in [2.75, 3.05) is 36.8 Å². The number of fused-ring (bicyclic) bond motifs is 1. The minimum absolute atomic E-state index is 0.0790. The maximum atomic E-state index is 13.4. The number of aromatic amines is 1. The van der Waals surface area contributed by atoms with Gasteiger partial charge in [-0.15, -0.1) is 0 Å². The summed E-state index contributed by atoms with van der Waals surface area (Å²) in [7, 11) is 0. The second-order valence-corrected chi connectivity index (χ2v) is 9.87. The van der Waals surface area contributed by atoms with E-state index in [1.54, 1.807) is 0 Å². The molecule has 0 aromatic carbocycles. The molecule has 1 aliphatic carbocycles. The summed E-state index contributed by atoms with van der Waals surface area (Å²) in [6, 6.07) is 0. The first kappa shape index (κ1) is 23.6. The van der Waals surface area contributed by atoms with Gasteiger partial charge in [0.05, 0.1) is 13.1 Å². The van der Waals surface area contributed by atoms with Gasteiger partial charge in [0, 0.05) is 19.0 Å². The minimum Gasteiger partial charge on any atom is -0.383 e. The topological polar surface area (TPSA) is 106 Å². The Labute approximate surface area is 184 Å². The molecular weight excluding hydrogens is 394 g/mol. The van der Waals surface area contributed by atoms with E-state index in [-0.39, 0.29) is 23.3 Å². The Bertz CT molecular complexity index is 875. The normalized spacial score (nSPS) is 23.5. The number of hydrogen-bond acceptors (Lipinski definition) is 4. The zero-order valence-electron chi connectivity index (χ0n) is 19.4. The van der Waals surface area contributed by atoms with Gasteiger partial charge in [-0.1, -0.05) is 40.0 Å².